The lowest BCUT2D eigenvalue weighted by Gasteiger charge is -2.43. The molecule has 5 nitrogen and oxygen atoms in total. The number of halogens is 1. The van der Waals surface area contributed by atoms with Crippen LogP contribution in [0.15, 0.2) is 0 Å². The number of hydrogen-bond donors (Lipinski definition) is 4. The lowest BCUT2D eigenvalue weighted by atomic mass is 9.94. The topological polar surface area (TPSA) is 84.2 Å². The van der Waals surface area contributed by atoms with Crippen LogP contribution in [0.3, 0.4) is 0 Å². The lowest BCUT2D eigenvalue weighted by Crippen LogP contribution is -2.62. The van der Waals surface area contributed by atoms with Crippen LogP contribution < -0.4 is 0 Å². The van der Waals surface area contributed by atoms with E-state index in [1.165, 1.54) is 0 Å². The van der Waals surface area contributed by atoms with E-state index < -0.39 is 24.4 Å². The average molecular weight is 256 g/mol. The first kappa shape index (κ1) is 16.1. The summed E-state index contributed by atoms with van der Waals surface area (Å²) in [4.78, 5) is 1.84. The highest BCUT2D eigenvalue weighted by Crippen LogP contribution is 2.19. The number of piperidine rings is 1. The molecule has 0 aliphatic carbocycles. The van der Waals surface area contributed by atoms with E-state index in [1.54, 1.807) is 0 Å². The quantitative estimate of drug-likeness (QED) is 0.516. The van der Waals surface area contributed by atoms with Gasteiger partial charge in [0.2, 0.25) is 0 Å². The molecule has 0 aromatic carbocycles. The van der Waals surface area contributed by atoms with Crippen molar-refractivity contribution in [3.05, 3.63) is 0 Å². The van der Waals surface area contributed by atoms with Crippen LogP contribution in [0.5, 0.6) is 0 Å². The normalized spacial score (nSPS) is 35.8. The maximum Gasteiger partial charge on any atom is 0.109 e. The summed E-state index contributed by atoms with van der Waals surface area (Å²) in [5, 5.41) is 37.8. The second kappa shape index (κ2) is 7.42. The molecule has 1 saturated heterocycles. The molecule has 0 bridgehead atoms. The first-order chi connectivity index (χ1) is 7.11. The van der Waals surface area contributed by atoms with Gasteiger partial charge in [-0.1, -0.05) is 13.3 Å². The minimum atomic E-state index is -1.15. The third-order valence-corrected chi connectivity index (χ3v) is 3.01. The number of nitrogens with zero attached hydrogens (tertiary/aromatic N) is 1. The SMILES string of the molecule is CCCCN1CC(O)[C@@H](O)[C@H](O)C1CO.Cl. The Bertz CT molecular complexity index is 196. The molecule has 0 spiro atoms. The van der Waals surface area contributed by atoms with E-state index in [-0.39, 0.29) is 19.0 Å². The van der Waals surface area contributed by atoms with Crippen molar-refractivity contribution < 1.29 is 20.4 Å². The fraction of sp³-hybridized carbons (Fsp3) is 1.00. The summed E-state index contributed by atoms with van der Waals surface area (Å²) in [5.41, 5.74) is 0. The molecule has 1 fully saturated rings. The van der Waals surface area contributed by atoms with Gasteiger partial charge in [-0.2, -0.15) is 0 Å². The highest BCUT2D eigenvalue weighted by Gasteiger charge is 2.40. The average Bonchev–Trinajstić information content (AvgIpc) is 2.23. The van der Waals surface area contributed by atoms with Gasteiger partial charge in [-0.15, -0.1) is 12.4 Å². The fourth-order valence-corrected chi connectivity index (χ4v) is 2.00. The number of aliphatic hydroxyl groups is 4. The van der Waals surface area contributed by atoms with Gasteiger partial charge >= 0.3 is 0 Å². The molecule has 4 N–H and O–H groups in total. The van der Waals surface area contributed by atoms with E-state index in [2.05, 4.69) is 6.92 Å². The molecule has 0 aromatic rings. The van der Waals surface area contributed by atoms with E-state index in [0.717, 1.165) is 19.4 Å². The molecule has 1 heterocycles. The van der Waals surface area contributed by atoms with Crippen molar-refractivity contribution in [2.75, 3.05) is 19.7 Å². The van der Waals surface area contributed by atoms with Crippen LogP contribution in [0.2, 0.25) is 0 Å². The van der Waals surface area contributed by atoms with Crippen LogP contribution in [0.25, 0.3) is 0 Å². The molecule has 6 heteroatoms. The third-order valence-electron chi connectivity index (χ3n) is 3.01. The van der Waals surface area contributed by atoms with Gasteiger partial charge in [0.15, 0.2) is 0 Å². The van der Waals surface area contributed by atoms with Gasteiger partial charge in [-0.05, 0) is 13.0 Å². The summed E-state index contributed by atoms with van der Waals surface area (Å²) in [6, 6.07) is -0.463. The van der Waals surface area contributed by atoms with E-state index >= 15 is 0 Å². The van der Waals surface area contributed by atoms with Crippen molar-refractivity contribution in [2.45, 2.75) is 44.1 Å². The molecular weight excluding hydrogens is 234 g/mol. The van der Waals surface area contributed by atoms with Crippen molar-refractivity contribution in [1.82, 2.24) is 4.90 Å². The summed E-state index contributed by atoms with van der Waals surface area (Å²) in [6.45, 7) is 2.89. The van der Waals surface area contributed by atoms with Crippen LogP contribution in [0.1, 0.15) is 19.8 Å². The number of rotatable bonds is 4. The van der Waals surface area contributed by atoms with E-state index in [9.17, 15) is 15.3 Å². The molecular formula is C10H22ClNO4. The molecule has 2 unspecified atom stereocenters. The summed E-state index contributed by atoms with van der Waals surface area (Å²) in [7, 11) is 0. The van der Waals surface area contributed by atoms with Crippen molar-refractivity contribution in [1.29, 1.82) is 0 Å². The number of β-amino-alcohol motifs (C(OH)–C–C–N with tert-alkyl or cyclic N) is 1. The smallest absolute Gasteiger partial charge is 0.109 e. The number of aliphatic hydroxyl groups excluding tert-OH is 4. The highest BCUT2D eigenvalue weighted by atomic mass is 35.5. The number of hydrogen-bond acceptors (Lipinski definition) is 5. The Balaban J connectivity index is 0.00000225. The monoisotopic (exact) mass is 255 g/mol. The van der Waals surface area contributed by atoms with Crippen LogP contribution in [0, 0.1) is 0 Å². The minimum absolute atomic E-state index is 0. The molecule has 4 atom stereocenters. The van der Waals surface area contributed by atoms with E-state index in [4.69, 9.17) is 5.11 Å². The molecule has 0 aromatic heterocycles. The summed E-state index contributed by atoms with van der Waals surface area (Å²) < 4.78 is 0. The first-order valence-electron chi connectivity index (χ1n) is 5.51. The molecule has 0 amide bonds. The zero-order chi connectivity index (χ0) is 11.4. The van der Waals surface area contributed by atoms with E-state index in [0.29, 0.717) is 6.54 Å². The molecule has 1 aliphatic heterocycles. The Morgan fingerprint density at radius 1 is 1.19 bits per heavy atom. The van der Waals surface area contributed by atoms with Gasteiger partial charge in [0, 0.05) is 6.54 Å². The molecule has 98 valence electrons. The third kappa shape index (κ3) is 3.55. The van der Waals surface area contributed by atoms with Crippen molar-refractivity contribution in [2.24, 2.45) is 0 Å². The number of likely N-dealkylation sites (tertiary alicyclic amines) is 1. The van der Waals surface area contributed by atoms with E-state index in [1.807, 2.05) is 4.90 Å². The fourth-order valence-electron chi connectivity index (χ4n) is 2.00. The van der Waals surface area contributed by atoms with Crippen LogP contribution in [0.4, 0.5) is 0 Å². The van der Waals surface area contributed by atoms with Crippen molar-refractivity contribution >= 4 is 12.4 Å². The molecule has 0 radical (unpaired) electrons. The molecule has 16 heavy (non-hydrogen) atoms. The zero-order valence-electron chi connectivity index (χ0n) is 9.49. The predicted octanol–water partition coefficient (Wildman–Crippen LogP) is -1.03. The standard InChI is InChI=1S/C10H21NO4.ClH/c1-2-3-4-11-5-8(13)10(15)9(14)7(11)6-12;/h7-10,12-15H,2-6H2,1H3;1H/t7?,8?,9-,10-;/m1./s1. The predicted molar refractivity (Wildman–Crippen MR) is 62.6 cm³/mol. The number of unbranched alkanes of at least 4 members (excludes halogenated alkanes) is 1. The maximum atomic E-state index is 9.67. The molecule has 0 saturated carbocycles. The summed E-state index contributed by atoms with van der Waals surface area (Å²) in [5.74, 6) is 0. The summed E-state index contributed by atoms with van der Waals surface area (Å²) >= 11 is 0. The Morgan fingerprint density at radius 2 is 1.81 bits per heavy atom. The largest absolute Gasteiger partial charge is 0.395 e. The van der Waals surface area contributed by atoms with Crippen LogP contribution in [-0.4, -0.2) is 69.4 Å². The lowest BCUT2D eigenvalue weighted by molar-refractivity contribution is -0.145. The van der Waals surface area contributed by atoms with Crippen molar-refractivity contribution in [3.8, 4) is 0 Å². The van der Waals surface area contributed by atoms with Gasteiger partial charge < -0.3 is 20.4 Å². The van der Waals surface area contributed by atoms with Crippen LogP contribution in [-0.2, 0) is 0 Å². The molecule has 1 aliphatic rings. The second-order valence-electron chi connectivity index (χ2n) is 4.15. The Morgan fingerprint density at radius 3 is 2.31 bits per heavy atom. The Labute approximate surface area is 102 Å². The second-order valence-corrected chi connectivity index (χ2v) is 4.15. The minimum Gasteiger partial charge on any atom is -0.395 e. The van der Waals surface area contributed by atoms with Gasteiger partial charge in [0.05, 0.1) is 18.8 Å². The van der Waals surface area contributed by atoms with Gasteiger partial charge in [-0.3, -0.25) is 4.90 Å². The maximum absolute atomic E-state index is 9.67. The van der Waals surface area contributed by atoms with Crippen molar-refractivity contribution in [3.63, 3.8) is 0 Å². The van der Waals surface area contributed by atoms with Crippen LogP contribution >= 0.6 is 12.4 Å². The van der Waals surface area contributed by atoms with Gasteiger partial charge in [0.25, 0.3) is 0 Å². The Kier molecular flexibility index (Phi) is 7.46. The first-order valence-corrected chi connectivity index (χ1v) is 5.51. The van der Waals surface area contributed by atoms with Gasteiger partial charge in [0.1, 0.15) is 12.2 Å². The Hall–Kier alpha value is 0.0900. The molecule has 1 rings (SSSR count). The van der Waals surface area contributed by atoms with Gasteiger partial charge in [-0.25, -0.2) is 0 Å². The highest BCUT2D eigenvalue weighted by molar-refractivity contribution is 5.85. The zero-order valence-corrected chi connectivity index (χ0v) is 10.3. The summed E-state index contributed by atoms with van der Waals surface area (Å²) in [6.07, 6.45) is -1.19.